The Morgan fingerprint density at radius 2 is 1.90 bits per heavy atom. The van der Waals surface area contributed by atoms with Gasteiger partial charge in [0.25, 0.3) is 11.8 Å². The molecular formula is C20H17ClFN5O3. The van der Waals surface area contributed by atoms with E-state index in [0.717, 1.165) is 22.1 Å². The van der Waals surface area contributed by atoms with Crippen LogP contribution in [0.3, 0.4) is 0 Å². The second kappa shape index (κ2) is 7.49. The van der Waals surface area contributed by atoms with E-state index in [0.29, 0.717) is 11.4 Å². The van der Waals surface area contributed by atoms with Gasteiger partial charge in [-0.1, -0.05) is 22.9 Å². The smallest absolute Gasteiger partial charge is 0.263 e. The molecule has 0 aromatic heterocycles. The predicted octanol–water partition coefficient (Wildman–Crippen LogP) is 3.03. The van der Waals surface area contributed by atoms with E-state index in [1.54, 1.807) is 12.1 Å². The lowest BCUT2D eigenvalue weighted by molar-refractivity contribution is -0.123. The molecule has 2 atom stereocenters. The van der Waals surface area contributed by atoms with Crippen molar-refractivity contribution in [2.75, 3.05) is 16.8 Å². The van der Waals surface area contributed by atoms with Crippen LogP contribution in [0.2, 0.25) is 5.02 Å². The number of hydrogen-bond donors (Lipinski definition) is 1. The van der Waals surface area contributed by atoms with Gasteiger partial charge in [0.1, 0.15) is 12.4 Å². The van der Waals surface area contributed by atoms with Crippen LogP contribution in [-0.4, -0.2) is 41.4 Å². The number of carbonyl (C=O) groups is 3. The minimum atomic E-state index is -0.993. The molecule has 1 fully saturated rings. The highest BCUT2D eigenvalue weighted by molar-refractivity contribution is 6.31. The monoisotopic (exact) mass is 429 g/mol. The Morgan fingerprint density at radius 1 is 1.13 bits per heavy atom. The van der Waals surface area contributed by atoms with Gasteiger partial charge in [0, 0.05) is 5.69 Å². The van der Waals surface area contributed by atoms with E-state index in [1.807, 2.05) is 19.9 Å². The molecule has 30 heavy (non-hydrogen) atoms. The first kappa shape index (κ1) is 20.0. The molecule has 2 aromatic carbocycles. The van der Waals surface area contributed by atoms with Gasteiger partial charge in [0.2, 0.25) is 5.91 Å². The van der Waals surface area contributed by atoms with Gasteiger partial charge in [-0.05, 0) is 55.3 Å². The first-order chi connectivity index (χ1) is 14.3. The van der Waals surface area contributed by atoms with Crippen LogP contribution in [-0.2, 0) is 14.4 Å². The van der Waals surface area contributed by atoms with Gasteiger partial charge in [-0.25, -0.2) is 9.29 Å². The highest BCUT2D eigenvalue weighted by Crippen LogP contribution is 2.32. The molecule has 2 aromatic rings. The predicted molar refractivity (Wildman–Crippen MR) is 108 cm³/mol. The highest BCUT2D eigenvalue weighted by Gasteiger charge is 2.55. The molecule has 4 rings (SSSR count). The summed E-state index contributed by atoms with van der Waals surface area (Å²) in [5.74, 6) is -2.09. The summed E-state index contributed by atoms with van der Waals surface area (Å²) in [5, 5.41) is 11.4. The topological polar surface area (TPSA) is 94.4 Å². The summed E-state index contributed by atoms with van der Waals surface area (Å²) in [6, 6.07) is 7.08. The Balaban J connectivity index is 1.49. The standard InChI is InChI=1S/C20H17ClFN5O3/c1-10-3-5-13(7-11(10)2)27-19(29)17-18(20(27)30)26(25-24-17)9-16(28)23-12-4-6-15(22)14(21)8-12/h3-8,17-18H,9H2,1-2H3,(H,23,28). The molecule has 2 unspecified atom stereocenters. The van der Waals surface area contributed by atoms with Gasteiger partial charge in [0.15, 0.2) is 12.1 Å². The normalized spacial score (nSPS) is 20.1. The Bertz CT molecular complexity index is 1110. The lowest BCUT2D eigenvalue weighted by Gasteiger charge is -2.20. The summed E-state index contributed by atoms with van der Waals surface area (Å²) in [7, 11) is 0. The molecule has 2 aliphatic heterocycles. The van der Waals surface area contributed by atoms with Crippen molar-refractivity contribution in [3.63, 3.8) is 0 Å². The molecule has 1 N–H and O–H groups in total. The molecule has 3 amide bonds. The minimum absolute atomic E-state index is 0.130. The second-order valence-electron chi connectivity index (χ2n) is 7.15. The van der Waals surface area contributed by atoms with Crippen LogP contribution in [0.15, 0.2) is 46.7 Å². The van der Waals surface area contributed by atoms with E-state index in [1.165, 1.54) is 17.1 Å². The van der Waals surface area contributed by atoms with Gasteiger partial charge in [0.05, 0.1) is 10.7 Å². The van der Waals surface area contributed by atoms with Crippen molar-refractivity contribution in [3.05, 3.63) is 58.4 Å². The number of halogens is 2. The number of fused-ring (bicyclic) bond motifs is 1. The van der Waals surface area contributed by atoms with Gasteiger partial charge in [-0.3, -0.25) is 19.4 Å². The van der Waals surface area contributed by atoms with E-state index in [4.69, 9.17) is 11.6 Å². The summed E-state index contributed by atoms with van der Waals surface area (Å²) in [4.78, 5) is 39.2. The van der Waals surface area contributed by atoms with Crippen molar-refractivity contribution in [2.24, 2.45) is 10.3 Å². The lowest BCUT2D eigenvalue weighted by Crippen LogP contribution is -2.43. The molecule has 2 heterocycles. The number of nitrogens with zero attached hydrogens (tertiary/aromatic N) is 4. The Morgan fingerprint density at radius 3 is 2.60 bits per heavy atom. The average molecular weight is 430 g/mol. The zero-order valence-electron chi connectivity index (χ0n) is 16.1. The third kappa shape index (κ3) is 3.41. The average Bonchev–Trinajstić information content (AvgIpc) is 3.21. The van der Waals surface area contributed by atoms with E-state index in [9.17, 15) is 18.8 Å². The summed E-state index contributed by atoms with van der Waals surface area (Å²) in [5.41, 5.74) is 2.74. The number of nitrogens with one attached hydrogen (secondary N) is 1. The molecular weight excluding hydrogens is 413 g/mol. The van der Waals surface area contributed by atoms with E-state index < -0.39 is 35.6 Å². The SMILES string of the molecule is Cc1ccc(N2C(=O)C3N=NN(CC(=O)Nc4ccc(F)c(Cl)c4)C3C2=O)cc1C. The first-order valence-corrected chi connectivity index (χ1v) is 9.51. The third-order valence-electron chi connectivity index (χ3n) is 5.12. The van der Waals surface area contributed by atoms with E-state index in [-0.39, 0.29) is 11.6 Å². The second-order valence-corrected chi connectivity index (χ2v) is 7.56. The lowest BCUT2D eigenvalue weighted by atomic mass is 10.1. The fourth-order valence-electron chi connectivity index (χ4n) is 3.39. The van der Waals surface area contributed by atoms with Crippen LogP contribution in [0.1, 0.15) is 11.1 Å². The van der Waals surface area contributed by atoms with Crippen LogP contribution < -0.4 is 10.2 Å². The summed E-state index contributed by atoms with van der Waals surface area (Å²) in [6.45, 7) is 3.52. The van der Waals surface area contributed by atoms with Crippen molar-refractivity contribution in [1.29, 1.82) is 0 Å². The zero-order valence-corrected chi connectivity index (χ0v) is 16.9. The molecule has 8 nitrogen and oxygen atoms in total. The van der Waals surface area contributed by atoms with Crippen LogP contribution in [0.25, 0.3) is 0 Å². The van der Waals surface area contributed by atoms with Gasteiger partial charge in [-0.2, -0.15) is 5.11 Å². The van der Waals surface area contributed by atoms with Crippen molar-refractivity contribution in [3.8, 4) is 0 Å². The van der Waals surface area contributed by atoms with Gasteiger partial charge in [-0.15, -0.1) is 0 Å². The minimum Gasteiger partial charge on any atom is -0.324 e. The van der Waals surface area contributed by atoms with E-state index in [2.05, 4.69) is 15.7 Å². The maximum Gasteiger partial charge on any atom is 0.263 e. The largest absolute Gasteiger partial charge is 0.324 e. The van der Waals surface area contributed by atoms with Crippen molar-refractivity contribution in [2.45, 2.75) is 25.9 Å². The third-order valence-corrected chi connectivity index (χ3v) is 5.41. The number of anilines is 2. The molecule has 10 heteroatoms. The molecule has 0 radical (unpaired) electrons. The fraction of sp³-hybridized carbons (Fsp3) is 0.250. The first-order valence-electron chi connectivity index (χ1n) is 9.13. The molecule has 154 valence electrons. The number of imide groups is 1. The number of carbonyl (C=O) groups excluding carboxylic acids is 3. The maximum atomic E-state index is 13.3. The molecule has 0 aliphatic carbocycles. The van der Waals surface area contributed by atoms with Crippen LogP contribution in [0.4, 0.5) is 15.8 Å². The Hall–Kier alpha value is -3.33. The number of aryl methyl sites for hydroxylation is 2. The molecule has 0 saturated carbocycles. The van der Waals surface area contributed by atoms with Gasteiger partial charge >= 0.3 is 0 Å². The van der Waals surface area contributed by atoms with Crippen LogP contribution in [0, 0.1) is 19.7 Å². The summed E-state index contributed by atoms with van der Waals surface area (Å²) >= 11 is 5.71. The van der Waals surface area contributed by atoms with Gasteiger partial charge < -0.3 is 5.32 Å². The number of amides is 3. The Labute approximate surface area is 176 Å². The van der Waals surface area contributed by atoms with Crippen LogP contribution >= 0.6 is 11.6 Å². The molecule has 1 saturated heterocycles. The van der Waals surface area contributed by atoms with Crippen molar-refractivity contribution in [1.82, 2.24) is 5.01 Å². The summed E-state index contributed by atoms with van der Waals surface area (Å²) in [6.07, 6.45) is 0. The highest BCUT2D eigenvalue weighted by atomic mass is 35.5. The molecule has 0 spiro atoms. The quantitative estimate of drug-likeness (QED) is 0.756. The van der Waals surface area contributed by atoms with Crippen LogP contribution in [0.5, 0.6) is 0 Å². The maximum absolute atomic E-state index is 13.3. The van der Waals surface area contributed by atoms with Crippen molar-refractivity contribution < 1.29 is 18.8 Å². The number of benzene rings is 2. The summed E-state index contributed by atoms with van der Waals surface area (Å²) < 4.78 is 13.3. The molecule has 0 bridgehead atoms. The zero-order chi connectivity index (χ0) is 21.6. The molecule has 2 aliphatic rings. The van der Waals surface area contributed by atoms with Crippen molar-refractivity contribution >= 4 is 40.7 Å². The number of rotatable bonds is 4. The van der Waals surface area contributed by atoms with E-state index >= 15 is 0 Å². The number of hydrogen-bond acceptors (Lipinski definition) is 6. The fourth-order valence-corrected chi connectivity index (χ4v) is 3.58. The Kier molecular flexibility index (Phi) is 4.98.